The van der Waals surface area contributed by atoms with E-state index in [1.165, 1.54) is 6.07 Å². The Labute approximate surface area is 239 Å². The topological polar surface area (TPSA) is 66.2 Å². The van der Waals surface area contributed by atoms with Gasteiger partial charge in [-0.05, 0) is 74.8 Å². The number of piperidine rings is 1. The van der Waals surface area contributed by atoms with Crippen molar-refractivity contribution in [3.63, 3.8) is 0 Å². The van der Waals surface area contributed by atoms with Crippen molar-refractivity contribution in [3.8, 4) is 17.1 Å². The van der Waals surface area contributed by atoms with Gasteiger partial charge in [-0.2, -0.15) is 0 Å². The van der Waals surface area contributed by atoms with Gasteiger partial charge in [0.05, 0.1) is 12.2 Å². The summed E-state index contributed by atoms with van der Waals surface area (Å²) in [6.45, 7) is 6.39. The number of piperazine rings is 1. The van der Waals surface area contributed by atoms with E-state index in [1.54, 1.807) is 35.2 Å². The van der Waals surface area contributed by atoms with E-state index in [-0.39, 0.29) is 17.6 Å². The molecule has 2 fully saturated rings. The Kier molecular flexibility index (Phi) is 8.47. The van der Waals surface area contributed by atoms with Crippen molar-refractivity contribution in [1.29, 1.82) is 0 Å². The van der Waals surface area contributed by atoms with Gasteiger partial charge in [0, 0.05) is 56.1 Å². The number of nitrogens with zero attached hydrogens (tertiary/aromatic N) is 3. The van der Waals surface area contributed by atoms with Crippen LogP contribution >= 0.6 is 11.6 Å². The lowest BCUT2D eigenvalue weighted by Gasteiger charge is -2.42. The summed E-state index contributed by atoms with van der Waals surface area (Å²) < 4.78 is 26.2. The van der Waals surface area contributed by atoms with Crippen LogP contribution in [0.1, 0.15) is 35.4 Å². The number of carbonyl (C=O) groups is 2. The SMILES string of the molecule is Cc1cc(OCC2(CC(=O)N3CCN(C)CC3)CCN(C(=O)c3ccc(-c4ccccc4F)o3)CC2)ccc1Cl. The third-order valence-corrected chi connectivity index (χ3v) is 8.55. The maximum absolute atomic E-state index is 14.2. The number of hydrogen-bond acceptors (Lipinski definition) is 5. The first-order valence-corrected chi connectivity index (χ1v) is 14.1. The minimum Gasteiger partial charge on any atom is -0.493 e. The summed E-state index contributed by atoms with van der Waals surface area (Å²) in [5.74, 6) is 0.687. The van der Waals surface area contributed by atoms with E-state index >= 15 is 0 Å². The van der Waals surface area contributed by atoms with E-state index in [0.717, 1.165) is 31.7 Å². The van der Waals surface area contributed by atoms with Crippen LogP contribution in [0.3, 0.4) is 0 Å². The number of aryl methyl sites for hydroxylation is 1. The second kappa shape index (κ2) is 12.0. The van der Waals surface area contributed by atoms with Crippen molar-refractivity contribution < 1.29 is 23.1 Å². The van der Waals surface area contributed by atoms with Crippen LogP contribution in [-0.4, -0.2) is 79.4 Å². The first kappa shape index (κ1) is 28.2. The molecule has 9 heteroatoms. The predicted molar refractivity (Wildman–Crippen MR) is 152 cm³/mol. The molecule has 3 heterocycles. The van der Waals surface area contributed by atoms with Crippen molar-refractivity contribution in [1.82, 2.24) is 14.7 Å². The molecule has 3 aromatic rings. The van der Waals surface area contributed by atoms with Gasteiger partial charge in [-0.1, -0.05) is 23.7 Å². The van der Waals surface area contributed by atoms with Gasteiger partial charge in [0.15, 0.2) is 5.76 Å². The van der Waals surface area contributed by atoms with E-state index in [0.29, 0.717) is 61.1 Å². The van der Waals surface area contributed by atoms with Gasteiger partial charge >= 0.3 is 0 Å². The van der Waals surface area contributed by atoms with E-state index in [1.807, 2.05) is 30.0 Å². The molecule has 5 rings (SSSR count). The minimum absolute atomic E-state index is 0.129. The lowest BCUT2D eigenvalue weighted by Crippen LogP contribution is -2.51. The Balaban J connectivity index is 1.28. The number of likely N-dealkylation sites (N-methyl/N-ethyl adjacent to an activating group) is 1. The number of rotatable bonds is 7. The van der Waals surface area contributed by atoms with Crippen molar-refractivity contribution in [2.24, 2.45) is 5.41 Å². The van der Waals surface area contributed by atoms with Gasteiger partial charge in [0.2, 0.25) is 5.91 Å². The second-order valence-corrected chi connectivity index (χ2v) is 11.4. The molecular formula is C31H35ClFN3O4. The third-order valence-electron chi connectivity index (χ3n) is 8.12. The predicted octanol–water partition coefficient (Wildman–Crippen LogP) is 5.51. The molecule has 0 spiro atoms. The zero-order valence-electron chi connectivity index (χ0n) is 23.0. The van der Waals surface area contributed by atoms with Crippen molar-refractivity contribution >= 4 is 23.4 Å². The van der Waals surface area contributed by atoms with E-state index in [4.69, 9.17) is 20.8 Å². The molecule has 0 saturated carbocycles. The molecule has 2 saturated heterocycles. The molecule has 2 aromatic carbocycles. The summed E-state index contributed by atoms with van der Waals surface area (Å²) in [7, 11) is 2.07. The third kappa shape index (κ3) is 6.34. The molecule has 0 radical (unpaired) electrons. The Morgan fingerprint density at radius 3 is 2.40 bits per heavy atom. The number of amides is 2. The fourth-order valence-electron chi connectivity index (χ4n) is 5.40. The number of furan rings is 1. The van der Waals surface area contributed by atoms with Crippen LogP contribution < -0.4 is 4.74 Å². The molecule has 7 nitrogen and oxygen atoms in total. The van der Waals surface area contributed by atoms with Gasteiger partial charge < -0.3 is 23.9 Å². The molecule has 0 atom stereocenters. The lowest BCUT2D eigenvalue weighted by atomic mass is 9.75. The number of benzene rings is 2. The maximum Gasteiger partial charge on any atom is 0.289 e. The van der Waals surface area contributed by atoms with Gasteiger partial charge in [-0.15, -0.1) is 0 Å². The molecule has 2 amide bonds. The van der Waals surface area contributed by atoms with Crippen LogP contribution in [-0.2, 0) is 4.79 Å². The highest BCUT2D eigenvalue weighted by Crippen LogP contribution is 2.38. The number of carbonyl (C=O) groups excluding carboxylic acids is 2. The summed E-state index contributed by atoms with van der Waals surface area (Å²) in [4.78, 5) is 32.6. The summed E-state index contributed by atoms with van der Waals surface area (Å²) in [6.07, 6.45) is 1.60. The van der Waals surface area contributed by atoms with Crippen LogP contribution in [0.25, 0.3) is 11.3 Å². The molecule has 0 aliphatic carbocycles. The Morgan fingerprint density at radius 2 is 1.70 bits per heavy atom. The van der Waals surface area contributed by atoms with Crippen LogP contribution in [0.2, 0.25) is 5.02 Å². The Morgan fingerprint density at radius 1 is 0.975 bits per heavy atom. The first-order valence-electron chi connectivity index (χ1n) is 13.7. The molecule has 0 N–H and O–H groups in total. The fraction of sp³-hybridized carbons (Fsp3) is 0.419. The molecule has 40 heavy (non-hydrogen) atoms. The number of halogens is 2. The molecule has 1 aromatic heterocycles. The Bertz CT molecular complexity index is 1360. The molecule has 0 unspecified atom stereocenters. The highest BCUT2D eigenvalue weighted by molar-refractivity contribution is 6.31. The van der Waals surface area contributed by atoms with Crippen LogP contribution in [0.15, 0.2) is 59.0 Å². The quantitative estimate of drug-likeness (QED) is 0.376. The van der Waals surface area contributed by atoms with E-state index in [9.17, 15) is 14.0 Å². The number of likely N-dealkylation sites (tertiary alicyclic amines) is 1. The fourth-order valence-corrected chi connectivity index (χ4v) is 5.52. The minimum atomic E-state index is -0.410. The number of hydrogen-bond donors (Lipinski definition) is 0. The van der Waals surface area contributed by atoms with Crippen LogP contribution in [0.4, 0.5) is 4.39 Å². The zero-order valence-corrected chi connectivity index (χ0v) is 23.8. The first-order chi connectivity index (χ1) is 19.2. The highest BCUT2D eigenvalue weighted by Gasteiger charge is 2.40. The summed E-state index contributed by atoms with van der Waals surface area (Å²) in [5.41, 5.74) is 0.832. The van der Waals surface area contributed by atoms with Crippen molar-refractivity contribution in [3.05, 3.63) is 76.8 Å². The summed E-state index contributed by atoms with van der Waals surface area (Å²) in [6, 6.07) is 15.1. The average molecular weight is 568 g/mol. The maximum atomic E-state index is 14.2. The zero-order chi connectivity index (χ0) is 28.3. The molecular weight excluding hydrogens is 533 g/mol. The highest BCUT2D eigenvalue weighted by atomic mass is 35.5. The van der Waals surface area contributed by atoms with E-state index in [2.05, 4.69) is 11.9 Å². The Hall–Kier alpha value is -3.36. The summed E-state index contributed by atoms with van der Waals surface area (Å²) >= 11 is 6.19. The monoisotopic (exact) mass is 567 g/mol. The smallest absolute Gasteiger partial charge is 0.289 e. The normalized spacial score (nSPS) is 17.6. The van der Waals surface area contributed by atoms with Crippen molar-refractivity contribution in [2.75, 3.05) is 52.9 Å². The molecule has 2 aliphatic rings. The number of ether oxygens (including phenoxy) is 1. The van der Waals surface area contributed by atoms with Crippen molar-refractivity contribution in [2.45, 2.75) is 26.2 Å². The van der Waals surface area contributed by atoms with Gasteiger partial charge in [0.1, 0.15) is 17.3 Å². The van der Waals surface area contributed by atoms with Crippen LogP contribution in [0, 0.1) is 18.2 Å². The van der Waals surface area contributed by atoms with Gasteiger partial charge in [-0.25, -0.2) is 4.39 Å². The molecule has 2 aliphatic heterocycles. The average Bonchev–Trinajstić information content (AvgIpc) is 3.44. The molecule has 212 valence electrons. The lowest BCUT2D eigenvalue weighted by molar-refractivity contribution is -0.136. The van der Waals surface area contributed by atoms with E-state index < -0.39 is 11.2 Å². The summed E-state index contributed by atoms with van der Waals surface area (Å²) in [5, 5.41) is 0.676. The van der Waals surface area contributed by atoms with Crippen LogP contribution in [0.5, 0.6) is 5.75 Å². The van der Waals surface area contributed by atoms with Gasteiger partial charge in [0.25, 0.3) is 5.91 Å². The standard InChI is InChI=1S/C31H35ClFN3O4/c1-22-19-23(7-8-25(22)32)39-21-31(20-29(37)35-17-15-34(2)16-18-35)11-13-36(14-12-31)30(38)28-10-9-27(40-28)24-5-3-4-6-26(24)33/h3-10,19H,11-18,20-21H2,1-2H3. The second-order valence-electron chi connectivity index (χ2n) is 11.0. The molecule has 0 bridgehead atoms. The van der Waals surface area contributed by atoms with Gasteiger partial charge in [-0.3, -0.25) is 9.59 Å². The largest absolute Gasteiger partial charge is 0.493 e.